The second-order valence-corrected chi connectivity index (χ2v) is 7.13. The standard InChI is InChI=1S/C19H18N2O2S/c1-12(18-20-14-8-4-6-10-17(14)24-18)21(2)19(22)16-11-13-7-3-5-9-15(13)23-16/h3-10,12,16H,11H2,1-2H3/t12-,16+/m0/s1. The summed E-state index contributed by atoms with van der Waals surface area (Å²) in [7, 11) is 1.82. The van der Waals surface area contributed by atoms with Gasteiger partial charge in [0.2, 0.25) is 0 Å². The molecule has 1 aliphatic rings. The van der Waals surface area contributed by atoms with Crippen LogP contribution in [0.3, 0.4) is 0 Å². The number of para-hydroxylation sites is 2. The van der Waals surface area contributed by atoms with Crippen LogP contribution >= 0.6 is 11.3 Å². The van der Waals surface area contributed by atoms with E-state index in [1.807, 2.05) is 56.4 Å². The first kappa shape index (κ1) is 15.1. The zero-order chi connectivity index (χ0) is 16.7. The number of aromatic nitrogens is 1. The van der Waals surface area contributed by atoms with E-state index >= 15 is 0 Å². The molecule has 0 spiro atoms. The molecule has 1 aromatic heterocycles. The molecule has 0 aliphatic carbocycles. The first-order valence-corrected chi connectivity index (χ1v) is 8.82. The summed E-state index contributed by atoms with van der Waals surface area (Å²) in [5.41, 5.74) is 2.08. The predicted molar refractivity (Wildman–Crippen MR) is 95.4 cm³/mol. The fourth-order valence-corrected chi connectivity index (χ4v) is 4.04. The van der Waals surface area contributed by atoms with Gasteiger partial charge in [0.1, 0.15) is 10.8 Å². The molecule has 2 atom stereocenters. The molecule has 122 valence electrons. The van der Waals surface area contributed by atoms with Crippen LogP contribution in [0.5, 0.6) is 5.75 Å². The van der Waals surface area contributed by atoms with Crippen molar-refractivity contribution in [3.05, 3.63) is 59.1 Å². The third kappa shape index (κ3) is 2.55. The van der Waals surface area contributed by atoms with Gasteiger partial charge in [-0.3, -0.25) is 4.79 Å². The Hall–Kier alpha value is -2.40. The smallest absolute Gasteiger partial charge is 0.264 e. The molecule has 4 nitrogen and oxygen atoms in total. The molecule has 1 amide bonds. The number of rotatable bonds is 3. The Morgan fingerprint density at radius 1 is 1.25 bits per heavy atom. The van der Waals surface area contributed by atoms with Crippen molar-refractivity contribution in [2.24, 2.45) is 0 Å². The van der Waals surface area contributed by atoms with Crippen molar-refractivity contribution in [1.29, 1.82) is 0 Å². The minimum absolute atomic E-state index is 0.00189. The predicted octanol–water partition coefficient (Wildman–Crippen LogP) is 3.82. The van der Waals surface area contributed by atoms with Gasteiger partial charge in [-0.15, -0.1) is 11.3 Å². The van der Waals surface area contributed by atoms with Gasteiger partial charge in [0.15, 0.2) is 6.10 Å². The number of thiazole rings is 1. The molecular formula is C19H18N2O2S. The van der Waals surface area contributed by atoms with E-state index in [-0.39, 0.29) is 11.9 Å². The number of fused-ring (bicyclic) bond motifs is 2. The molecule has 0 unspecified atom stereocenters. The average molecular weight is 338 g/mol. The average Bonchev–Trinajstić information content (AvgIpc) is 3.23. The highest BCUT2D eigenvalue weighted by molar-refractivity contribution is 7.18. The van der Waals surface area contributed by atoms with Crippen molar-refractivity contribution >= 4 is 27.5 Å². The van der Waals surface area contributed by atoms with Crippen molar-refractivity contribution in [3.63, 3.8) is 0 Å². The van der Waals surface area contributed by atoms with Gasteiger partial charge >= 0.3 is 0 Å². The number of hydrogen-bond donors (Lipinski definition) is 0. The van der Waals surface area contributed by atoms with E-state index in [9.17, 15) is 4.79 Å². The molecule has 2 aromatic carbocycles. The van der Waals surface area contributed by atoms with Crippen molar-refractivity contribution in [2.45, 2.75) is 25.5 Å². The highest BCUT2D eigenvalue weighted by atomic mass is 32.1. The molecule has 5 heteroatoms. The fraction of sp³-hybridized carbons (Fsp3) is 0.263. The van der Waals surface area contributed by atoms with Crippen molar-refractivity contribution in [1.82, 2.24) is 9.88 Å². The second kappa shape index (κ2) is 5.91. The summed E-state index contributed by atoms with van der Waals surface area (Å²) in [4.78, 5) is 19.2. The van der Waals surface area contributed by atoms with E-state index in [0.717, 1.165) is 26.5 Å². The van der Waals surface area contributed by atoms with Crippen molar-refractivity contribution in [2.75, 3.05) is 7.05 Å². The number of nitrogens with zero attached hydrogens (tertiary/aromatic N) is 2. The Balaban J connectivity index is 1.52. The topological polar surface area (TPSA) is 42.4 Å². The van der Waals surface area contributed by atoms with Crippen molar-refractivity contribution < 1.29 is 9.53 Å². The van der Waals surface area contributed by atoms with E-state index in [1.54, 1.807) is 16.2 Å². The maximum absolute atomic E-state index is 12.8. The van der Waals surface area contributed by atoms with Gasteiger partial charge < -0.3 is 9.64 Å². The lowest BCUT2D eigenvalue weighted by Crippen LogP contribution is -2.40. The summed E-state index contributed by atoms with van der Waals surface area (Å²) in [6, 6.07) is 15.8. The second-order valence-electron chi connectivity index (χ2n) is 6.06. The quantitative estimate of drug-likeness (QED) is 0.729. The molecule has 24 heavy (non-hydrogen) atoms. The lowest BCUT2D eigenvalue weighted by atomic mass is 10.1. The van der Waals surface area contributed by atoms with Crippen LogP contribution in [0.2, 0.25) is 0 Å². The highest BCUT2D eigenvalue weighted by Gasteiger charge is 2.33. The lowest BCUT2D eigenvalue weighted by Gasteiger charge is -2.25. The molecule has 0 saturated carbocycles. The number of amides is 1. The first-order valence-electron chi connectivity index (χ1n) is 8.00. The van der Waals surface area contributed by atoms with Crippen LogP contribution in [-0.2, 0) is 11.2 Å². The summed E-state index contributed by atoms with van der Waals surface area (Å²) >= 11 is 1.64. The molecule has 0 radical (unpaired) electrons. The third-order valence-corrected chi connectivity index (χ3v) is 5.73. The van der Waals surface area contributed by atoms with Gasteiger partial charge in [-0.05, 0) is 30.7 Å². The summed E-state index contributed by atoms with van der Waals surface area (Å²) in [5, 5.41) is 0.947. The molecule has 1 aliphatic heterocycles. The fourth-order valence-electron chi connectivity index (χ4n) is 2.97. The van der Waals surface area contributed by atoms with Crippen LogP contribution in [0.15, 0.2) is 48.5 Å². The zero-order valence-electron chi connectivity index (χ0n) is 13.6. The van der Waals surface area contributed by atoms with Gasteiger partial charge in [0.25, 0.3) is 5.91 Å². The van der Waals surface area contributed by atoms with Crippen LogP contribution in [-0.4, -0.2) is 28.9 Å². The summed E-state index contributed by atoms with van der Waals surface area (Å²) < 4.78 is 6.97. The highest BCUT2D eigenvalue weighted by Crippen LogP contribution is 2.32. The number of ether oxygens (including phenoxy) is 1. The zero-order valence-corrected chi connectivity index (χ0v) is 14.4. The molecule has 0 bridgehead atoms. The van der Waals surface area contributed by atoms with Crippen LogP contribution in [0.1, 0.15) is 23.5 Å². The normalized spacial score (nSPS) is 17.3. The Morgan fingerprint density at radius 2 is 2.00 bits per heavy atom. The van der Waals surface area contributed by atoms with E-state index in [0.29, 0.717) is 6.42 Å². The van der Waals surface area contributed by atoms with Gasteiger partial charge in [-0.2, -0.15) is 0 Å². The van der Waals surface area contributed by atoms with Crippen LogP contribution < -0.4 is 4.74 Å². The van der Waals surface area contributed by atoms with E-state index in [1.165, 1.54) is 0 Å². The maximum atomic E-state index is 12.8. The molecule has 3 aromatic rings. The monoisotopic (exact) mass is 338 g/mol. The Morgan fingerprint density at radius 3 is 2.79 bits per heavy atom. The first-order chi connectivity index (χ1) is 11.6. The third-order valence-electron chi connectivity index (χ3n) is 4.52. The summed E-state index contributed by atoms with van der Waals surface area (Å²) in [6.07, 6.45) is 0.190. The summed E-state index contributed by atoms with van der Waals surface area (Å²) in [6.45, 7) is 2.01. The van der Waals surface area contributed by atoms with Gasteiger partial charge in [0.05, 0.1) is 16.3 Å². The van der Waals surface area contributed by atoms with Gasteiger partial charge in [0, 0.05) is 13.5 Å². The van der Waals surface area contributed by atoms with Gasteiger partial charge in [-0.25, -0.2) is 4.98 Å². The lowest BCUT2D eigenvalue weighted by molar-refractivity contribution is -0.138. The van der Waals surface area contributed by atoms with E-state index in [2.05, 4.69) is 11.1 Å². The number of hydrogen-bond acceptors (Lipinski definition) is 4. The molecule has 0 N–H and O–H groups in total. The SMILES string of the molecule is C[C@@H](c1nc2ccccc2s1)N(C)C(=O)[C@H]1Cc2ccccc2O1. The number of benzene rings is 2. The molecule has 0 fully saturated rings. The van der Waals surface area contributed by atoms with Crippen LogP contribution in [0.4, 0.5) is 0 Å². The summed E-state index contributed by atoms with van der Waals surface area (Å²) in [5.74, 6) is 0.815. The van der Waals surface area contributed by atoms with E-state index < -0.39 is 6.10 Å². The number of carbonyl (C=O) groups excluding carboxylic acids is 1. The molecule has 4 rings (SSSR count). The molecule has 2 heterocycles. The van der Waals surface area contributed by atoms with Crippen molar-refractivity contribution in [3.8, 4) is 5.75 Å². The minimum Gasteiger partial charge on any atom is -0.480 e. The van der Waals surface area contributed by atoms with Gasteiger partial charge in [-0.1, -0.05) is 30.3 Å². The largest absolute Gasteiger partial charge is 0.480 e. The Bertz CT molecular complexity index is 847. The minimum atomic E-state index is -0.441. The molecule has 0 saturated heterocycles. The van der Waals surface area contributed by atoms with Crippen LogP contribution in [0, 0.1) is 0 Å². The Labute approximate surface area is 144 Å². The van der Waals surface area contributed by atoms with Crippen LogP contribution in [0.25, 0.3) is 10.2 Å². The number of likely N-dealkylation sites (N-methyl/N-ethyl adjacent to an activating group) is 1. The Kier molecular flexibility index (Phi) is 3.73. The molecular weight excluding hydrogens is 320 g/mol. The maximum Gasteiger partial charge on any atom is 0.264 e. The number of carbonyl (C=O) groups is 1. The van der Waals surface area contributed by atoms with E-state index in [4.69, 9.17) is 4.74 Å².